The van der Waals surface area contributed by atoms with Crippen molar-refractivity contribution in [1.29, 1.82) is 0 Å². The van der Waals surface area contributed by atoms with Crippen LogP contribution in [0.25, 0.3) is 0 Å². The van der Waals surface area contributed by atoms with Gasteiger partial charge in [0.2, 0.25) is 0 Å². The van der Waals surface area contributed by atoms with Gasteiger partial charge < -0.3 is 4.74 Å². The molecule has 0 spiro atoms. The van der Waals surface area contributed by atoms with E-state index in [1.54, 1.807) is 7.11 Å². The number of unbranched alkanes of at least 4 members (excludes halogenated alkanes) is 9. The molecular weight excluding hydrogens is 311 g/mol. The summed E-state index contributed by atoms with van der Waals surface area (Å²) < 4.78 is 7.15. The van der Waals surface area contributed by atoms with Crippen molar-refractivity contribution in [2.75, 3.05) is 13.7 Å². The van der Waals surface area contributed by atoms with Crippen LogP contribution in [0.1, 0.15) is 64.2 Å². The van der Waals surface area contributed by atoms with Crippen LogP contribution in [0.4, 0.5) is 0 Å². The molecule has 0 aromatic carbocycles. The van der Waals surface area contributed by atoms with Crippen LogP contribution in [0.15, 0.2) is 10.2 Å². The standard InChI is InChI=1S/C14H27IO/c1-16-14-12-10-8-6-4-2-3-5-7-9-11-13-15/h11,13H,2-10,12,14H2,1H3/b13-11+. The predicted molar refractivity (Wildman–Crippen MR) is 81.2 cm³/mol. The van der Waals surface area contributed by atoms with Crippen LogP contribution in [0.3, 0.4) is 0 Å². The Hall–Kier alpha value is 0.430. The van der Waals surface area contributed by atoms with E-state index in [2.05, 4.69) is 32.7 Å². The number of ether oxygens (including phenoxy) is 1. The lowest BCUT2D eigenvalue weighted by Crippen LogP contribution is -1.88. The van der Waals surface area contributed by atoms with Gasteiger partial charge in [0, 0.05) is 13.7 Å². The maximum absolute atomic E-state index is 5.03. The Balaban J connectivity index is 2.88. The molecule has 16 heavy (non-hydrogen) atoms. The number of rotatable bonds is 12. The summed E-state index contributed by atoms with van der Waals surface area (Å²) in [5.41, 5.74) is 0. The quantitative estimate of drug-likeness (QED) is 0.338. The Labute approximate surface area is 115 Å². The van der Waals surface area contributed by atoms with Crippen molar-refractivity contribution in [3.05, 3.63) is 10.2 Å². The van der Waals surface area contributed by atoms with Gasteiger partial charge in [0.15, 0.2) is 0 Å². The van der Waals surface area contributed by atoms with Crippen molar-refractivity contribution in [2.24, 2.45) is 0 Å². The Morgan fingerprint density at radius 2 is 1.31 bits per heavy atom. The minimum atomic E-state index is 0.935. The van der Waals surface area contributed by atoms with Crippen LogP contribution in [0, 0.1) is 0 Å². The molecule has 0 amide bonds. The first-order valence-electron chi connectivity index (χ1n) is 6.66. The van der Waals surface area contributed by atoms with Crippen LogP contribution >= 0.6 is 22.6 Å². The molecule has 0 heterocycles. The third kappa shape index (κ3) is 14.4. The van der Waals surface area contributed by atoms with E-state index in [1.807, 2.05) is 0 Å². The van der Waals surface area contributed by atoms with Crippen LogP contribution in [0.5, 0.6) is 0 Å². The molecule has 0 aromatic rings. The molecule has 0 aliphatic heterocycles. The first kappa shape index (κ1) is 16.4. The number of halogens is 1. The third-order valence-corrected chi connectivity index (χ3v) is 3.32. The number of hydrogen-bond acceptors (Lipinski definition) is 1. The molecule has 0 aliphatic rings. The monoisotopic (exact) mass is 338 g/mol. The van der Waals surface area contributed by atoms with Crippen molar-refractivity contribution in [1.82, 2.24) is 0 Å². The van der Waals surface area contributed by atoms with Crippen LogP contribution < -0.4 is 0 Å². The number of allylic oxidation sites excluding steroid dienone is 1. The predicted octanol–water partition coefficient (Wildman–Crippen LogP) is 5.48. The molecule has 0 unspecified atom stereocenters. The normalized spacial score (nSPS) is 11.4. The van der Waals surface area contributed by atoms with Crippen LogP contribution in [-0.2, 0) is 4.74 Å². The van der Waals surface area contributed by atoms with Gasteiger partial charge in [0.1, 0.15) is 0 Å². The highest BCUT2D eigenvalue weighted by molar-refractivity contribution is 14.1. The van der Waals surface area contributed by atoms with E-state index < -0.39 is 0 Å². The molecule has 0 N–H and O–H groups in total. The van der Waals surface area contributed by atoms with Crippen molar-refractivity contribution in [3.63, 3.8) is 0 Å². The van der Waals surface area contributed by atoms with Crippen molar-refractivity contribution >= 4 is 22.6 Å². The maximum Gasteiger partial charge on any atom is 0.0462 e. The Kier molecular flexibility index (Phi) is 15.8. The summed E-state index contributed by atoms with van der Waals surface area (Å²) in [6.45, 7) is 0.935. The van der Waals surface area contributed by atoms with Gasteiger partial charge in [0.05, 0.1) is 0 Å². The van der Waals surface area contributed by atoms with Gasteiger partial charge in [-0.05, 0) is 23.3 Å². The minimum Gasteiger partial charge on any atom is -0.385 e. The summed E-state index contributed by atoms with van der Waals surface area (Å²) >= 11 is 2.29. The molecule has 0 aliphatic carbocycles. The first-order chi connectivity index (χ1) is 7.91. The summed E-state index contributed by atoms with van der Waals surface area (Å²) in [5.74, 6) is 0. The molecule has 0 saturated heterocycles. The Morgan fingerprint density at radius 1 is 0.812 bits per heavy atom. The van der Waals surface area contributed by atoms with Crippen molar-refractivity contribution < 1.29 is 4.74 Å². The average Bonchev–Trinajstić information content (AvgIpc) is 2.31. The highest BCUT2D eigenvalue weighted by Gasteiger charge is 1.92. The third-order valence-electron chi connectivity index (χ3n) is 2.81. The van der Waals surface area contributed by atoms with Crippen LogP contribution in [-0.4, -0.2) is 13.7 Å². The summed E-state index contributed by atoms with van der Waals surface area (Å²) in [7, 11) is 1.78. The smallest absolute Gasteiger partial charge is 0.0462 e. The van der Waals surface area contributed by atoms with Crippen molar-refractivity contribution in [3.8, 4) is 0 Å². The molecular formula is C14H27IO. The largest absolute Gasteiger partial charge is 0.385 e. The van der Waals surface area contributed by atoms with Crippen molar-refractivity contribution in [2.45, 2.75) is 64.2 Å². The molecule has 0 aromatic heterocycles. The fourth-order valence-electron chi connectivity index (χ4n) is 1.81. The lowest BCUT2D eigenvalue weighted by Gasteiger charge is -2.01. The van der Waals surface area contributed by atoms with Gasteiger partial charge in [-0.1, -0.05) is 73.6 Å². The Bertz CT molecular complexity index is 146. The molecule has 0 radical (unpaired) electrons. The maximum atomic E-state index is 5.03. The van der Waals surface area contributed by atoms with E-state index in [4.69, 9.17) is 4.74 Å². The zero-order chi connectivity index (χ0) is 11.9. The molecule has 0 bridgehead atoms. The summed E-state index contributed by atoms with van der Waals surface area (Å²) in [6, 6.07) is 0. The van der Waals surface area contributed by atoms with E-state index in [9.17, 15) is 0 Å². The average molecular weight is 338 g/mol. The number of methoxy groups -OCH3 is 1. The second kappa shape index (κ2) is 15.4. The summed E-state index contributed by atoms with van der Waals surface area (Å²) in [6.07, 6.45) is 16.0. The van der Waals surface area contributed by atoms with Gasteiger partial charge in [0.25, 0.3) is 0 Å². The first-order valence-corrected chi connectivity index (χ1v) is 7.90. The molecule has 96 valence electrons. The second-order valence-electron chi connectivity index (χ2n) is 4.33. The highest BCUT2D eigenvalue weighted by Crippen LogP contribution is 2.10. The summed E-state index contributed by atoms with van der Waals surface area (Å²) in [4.78, 5) is 0. The Morgan fingerprint density at radius 3 is 1.81 bits per heavy atom. The molecule has 0 rings (SSSR count). The molecule has 2 heteroatoms. The van der Waals surface area contributed by atoms with E-state index in [-0.39, 0.29) is 0 Å². The van der Waals surface area contributed by atoms with E-state index in [0.29, 0.717) is 0 Å². The fraction of sp³-hybridized carbons (Fsp3) is 0.857. The fourth-order valence-corrected chi connectivity index (χ4v) is 2.17. The molecule has 0 fully saturated rings. The number of hydrogen-bond donors (Lipinski definition) is 0. The van der Waals surface area contributed by atoms with Gasteiger partial charge in [-0.2, -0.15) is 0 Å². The zero-order valence-corrected chi connectivity index (χ0v) is 12.9. The minimum absolute atomic E-state index is 0.935. The van der Waals surface area contributed by atoms with Gasteiger partial charge >= 0.3 is 0 Å². The molecule has 0 atom stereocenters. The van der Waals surface area contributed by atoms with Gasteiger partial charge in [-0.15, -0.1) is 0 Å². The van der Waals surface area contributed by atoms with Gasteiger partial charge in [-0.25, -0.2) is 0 Å². The van der Waals surface area contributed by atoms with Crippen LogP contribution in [0.2, 0.25) is 0 Å². The summed E-state index contributed by atoms with van der Waals surface area (Å²) in [5, 5.41) is 0. The lowest BCUT2D eigenvalue weighted by atomic mass is 10.1. The zero-order valence-electron chi connectivity index (χ0n) is 10.7. The van der Waals surface area contributed by atoms with E-state index in [1.165, 1.54) is 64.2 Å². The van der Waals surface area contributed by atoms with Gasteiger partial charge in [-0.3, -0.25) is 0 Å². The lowest BCUT2D eigenvalue weighted by molar-refractivity contribution is 0.192. The highest BCUT2D eigenvalue weighted by atomic mass is 127. The molecule has 1 nitrogen and oxygen atoms in total. The topological polar surface area (TPSA) is 9.23 Å². The van der Waals surface area contributed by atoms with E-state index in [0.717, 1.165) is 6.61 Å². The SMILES string of the molecule is COCCCCCCCCCCC/C=C/I. The van der Waals surface area contributed by atoms with E-state index >= 15 is 0 Å². The molecule has 0 saturated carbocycles. The second-order valence-corrected chi connectivity index (χ2v) is 5.04.